The number of rotatable bonds is 6. The van der Waals surface area contributed by atoms with Gasteiger partial charge in [-0.05, 0) is 31.9 Å². The van der Waals surface area contributed by atoms with Crippen LogP contribution >= 0.6 is 0 Å². The van der Waals surface area contributed by atoms with Crippen molar-refractivity contribution >= 4 is 5.97 Å². The number of piperidine rings is 1. The molecule has 2 heterocycles. The summed E-state index contributed by atoms with van der Waals surface area (Å²) in [6.07, 6.45) is 3.51. The van der Waals surface area contributed by atoms with Crippen molar-refractivity contribution in [2.45, 2.75) is 31.9 Å². The smallest absolute Gasteiger partial charge is 0.325 e. The van der Waals surface area contributed by atoms with Gasteiger partial charge in [0.25, 0.3) is 0 Å². The number of aromatic nitrogens is 1. The summed E-state index contributed by atoms with van der Waals surface area (Å²) in [6, 6.07) is 2.80. The van der Waals surface area contributed by atoms with Gasteiger partial charge in [0.05, 0.1) is 12.7 Å². The van der Waals surface area contributed by atoms with Crippen molar-refractivity contribution in [3.05, 3.63) is 23.9 Å². The second-order valence-corrected chi connectivity index (χ2v) is 5.04. The van der Waals surface area contributed by atoms with Crippen LogP contribution in [0.4, 0.5) is 0 Å². The standard InChI is InChI=1S/C15H22N2O4/c1-3-21-14-12(5-4-8-16-14)13(15(18)19)17-9-6-11(20-2)7-10-17/h4-5,8,11,13H,3,6-7,9-10H2,1-2H3,(H,18,19). The predicted octanol–water partition coefficient (Wildman–Crippen LogP) is 1.72. The number of carboxylic acid groups (broad SMARTS) is 1. The monoisotopic (exact) mass is 294 g/mol. The van der Waals surface area contributed by atoms with E-state index in [-0.39, 0.29) is 6.10 Å². The number of hydrogen-bond acceptors (Lipinski definition) is 5. The third kappa shape index (κ3) is 3.71. The number of carbonyl (C=O) groups is 1. The molecule has 1 aliphatic rings. The minimum Gasteiger partial charge on any atom is -0.480 e. The van der Waals surface area contributed by atoms with Crippen molar-refractivity contribution < 1.29 is 19.4 Å². The maximum absolute atomic E-state index is 11.8. The second-order valence-electron chi connectivity index (χ2n) is 5.04. The Labute approximate surface area is 124 Å². The Morgan fingerprint density at radius 1 is 1.52 bits per heavy atom. The number of methoxy groups -OCH3 is 1. The summed E-state index contributed by atoms with van der Waals surface area (Å²) in [5.41, 5.74) is 0.614. The Hall–Kier alpha value is -1.66. The zero-order valence-corrected chi connectivity index (χ0v) is 12.5. The number of hydrogen-bond donors (Lipinski definition) is 1. The van der Waals surface area contributed by atoms with Gasteiger partial charge in [0.1, 0.15) is 6.04 Å². The minimum absolute atomic E-state index is 0.218. The molecule has 6 heteroatoms. The van der Waals surface area contributed by atoms with E-state index in [1.165, 1.54) is 0 Å². The van der Waals surface area contributed by atoms with Crippen LogP contribution in [0.3, 0.4) is 0 Å². The molecule has 1 saturated heterocycles. The first-order valence-corrected chi connectivity index (χ1v) is 7.24. The highest BCUT2D eigenvalue weighted by Gasteiger charge is 2.33. The van der Waals surface area contributed by atoms with Gasteiger partial charge in [-0.25, -0.2) is 4.98 Å². The Balaban J connectivity index is 2.22. The lowest BCUT2D eigenvalue weighted by molar-refractivity contribution is -0.144. The number of nitrogens with zero attached hydrogens (tertiary/aromatic N) is 2. The van der Waals surface area contributed by atoms with Crippen LogP contribution in [0.1, 0.15) is 31.4 Å². The molecule has 0 bridgehead atoms. The SMILES string of the molecule is CCOc1ncccc1C(C(=O)O)N1CCC(OC)CC1. The summed E-state index contributed by atoms with van der Waals surface area (Å²) in [4.78, 5) is 17.9. The van der Waals surface area contributed by atoms with E-state index in [9.17, 15) is 9.90 Å². The number of likely N-dealkylation sites (tertiary alicyclic amines) is 1. The summed E-state index contributed by atoms with van der Waals surface area (Å²) < 4.78 is 10.8. The van der Waals surface area contributed by atoms with E-state index in [1.54, 1.807) is 25.4 Å². The fourth-order valence-corrected chi connectivity index (χ4v) is 2.72. The third-order valence-corrected chi connectivity index (χ3v) is 3.79. The average Bonchev–Trinajstić information content (AvgIpc) is 2.50. The van der Waals surface area contributed by atoms with Gasteiger partial charge in [0.15, 0.2) is 0 Å². The first-order chi connectivity index (χ1) is 10.2. The fourth-order valence-electron chi connectivity index (χ4n) is 2.72. The minimum atomic E-state index is -0.875. The highest BCUT2D eigenvalue weighted by atomic mass is 16.5. The van der Waals surface area contributed by atoms with Gasteiger partial charge in [0.2, 0.25) is 5.88 Å². The molecule has 1 fully saturated rings. The Morgan fingerprint density at radius 3 is 2.81 bits per heavy atom. The number of aliphatic carboxylic acids is 1. The predicted molar refractivity (Wildman–Crippen MR) is 77.4 cm³/mol. The van der Waals surface area contributed by atoms with Crippen LogP contribution in [0.2, 0.25) is 0 Å². The first kappa shape index (κ1) is 15.7. The summed E-state index contributed by atoms with van der Waals surface area (Å²) >= 11 is 0. The number of pyridine rings is 1. The lowest BCUT2D eigenvalue weighted by atomic mass is 10.0. The van der Waals surface area contributed by atoms with E-state index in [1.807, 2.05) is 11.8 Å². The molecular formula is C15H22N2O4. The van der Waals surface area contributed by atoms with Crippen molar-refractivity contribution in [1.29, 1.82) is 0 Å². The van der Waals surface area contributed by atoms with Crippen LogP contribution in [-0.2, 0) is 9.53 Å². The normalized spacial score (nSPS) is 18.4. The summed E-state index contributed by atoms with van der Waals surface area (Å²) in [5.74, 6) is -0.471. The maximum Gasteiger partial charge on any atom is 0.325 e. The maximum atomic E-state index is 11.8. The number of carboxylic acids is 1. The quantitative estimate of drug-likeness (QED) is 0.861. The molecule has 0 saturated carbocycles. The lowest BCUT2D eigenvalue weighted by Crippen LogP contribution is -2.42. The average molecular weight is 294 g/mol. The topological polar surface area (TPSA) is 71.9 Å². The van der Waals surface area contributed by atoms with E-state index in [0.29, 0.717) is 31.1 Å². The molecule has 0 spiro atoms. The van der Waals surface area contributed by atoms with E-state index in [4.69, 9.17) is 9.47 Å². The van der Waals surface area contributed by atoms with E-state index in [2.05, 4.69) is 4.98 Å². The third-order valence-electron chi connectivity index (χ3n) is 3.79. The van der Waals surface area contributed by atoms with Crippen molar-refractivity contribution in [2.75, 3.05) is 26.8 Å². The van der Waals surface area contributed by atoms with Crippen LogP contribution in [0.15, 0.2) is 18.3 Å². The number of ether oxygens (including phenoxy) is 2. The van der Waals surface area contributed by atoms with Gasteiger partial charge in [0, 0.05) is 32.0 Å². The van der Waals surface area contributed by atoms with Crippen molar-refractivity contribution in [3.63, 3.8) is 0 Å². The molecule has 0 aromatic carbocycles. The van der Waals surface area contributed by atoms with Crippen LogP contribution in [0, 0.1) is 0 Å². The molecular weight excluding hydrogens is 272 g/mol. The van der Waals surface area contributed by atoms with Crippen molar-refractivity contribution in [2.24, 2.45) is 0 Å². The molecule has 116 valence electrons. The Kier molecular flexibility index (Phi) is 5.52. The zero-order chi connectivity index (χ0) is 15.2. The Morgan fingerprint density at radius 2 is 2.24 bits per heavy atom. The van der Waals surface area contributed by atoms with Crippen LogP contribution in [0.25, 0.3) is 0 Å². The van der Waals surface area contributed by atoms with Crippen LogP contribution in [-0.4, -0.2) is 53.9 Å². The molecule has 1 unspecified atom stereocenters. The molecule has 2 rings (SSSR count). The fraction of sp³-hybridized carbons (Fsp3) is 0.600. The molecule has 1 aromatic heterocycles. The molecule has 0 radical (unpaired) electrons. The summed E-state index contributed by atoms with van der Waals surface area (Å²) in [7, 11) is 1.70. The first-order valence-electron chi connectivity index (χ1n) is 7.24. The molecule has 0 amide bonds. The van der Waals surface area contributed by atoms with Gasteiger partial charge < -0.3 is 14.6 Å². The second kappa shape index (κ2) is 7.38. The zero-order valence-electron chi connectivity index (χ0n) is 12.5. The largest absolute Gasteiger partial charge is 0.480 e. The summed E-state index contributed by atoms with van der Waals surface area (Å²) in [5, 5.41) is 9.64. The molecule has 1 aliphatic heterocycles. The molecule has 0 aliphatic carbocycles. The van der Waals surface area contributed by atoms with E-state index in [0.717, 1.165) is 12.8 Å². The summed E-state index contributed by atoms with van der Waals surface area (Å²) in [6.45, 7) is 3.70. The van der Waals surface area contributed by atoms with Crippen LogP contribution in [0.5, 0.6) is 5.88 Å². The molecule has 1 aromatic rings. The van der Waals surface area contributed by atoms with Gasteiger partial charge in [-0.1, -0.05) is 0 Å². The van der Waals surface area contributed by atoms with Gasteiger partial charge >= 0.3 is 5.97 Å². The lowest BCUT2D eigenvalue weighted by Gasteiger charge is -2.35. The van der Waals surface area contributed by atoms with E-state index < -0.39 is 12.0 Å². The van der Waals surface area contributed by atoms with Crippen molar-refractivity contribution in [1.82, 2.24) is 9.88 Å². The van der Waals surface area contributed by atoms with Crippen LogP contribution < -0.4 is 4.74 Å². The molecule has 1 N–H and O–H groups in total. The highest BCUT2D eigenvalue weighted by Crippen LogP contribution is 2.30. The molecule has 21 heavy (non-hydrogen) atoms. The van der Waals surface area contributed by atoms with Gasteiger partial charge in [-0.3, -0.25) is 9.69 Å². The Bertz CT molecular complexity index is 472. The highest BCUT2D eigenvalue weighted by molar-refractivity contribution is 5.76. The van der Waals surface area contributed by atoms with Gasteiger partial charge in [-0.2, -0.15) is 0 Å². The van der Waals surface area contributed by atoms with Gasteiger partial charge in [-0.15, -0.1) is 0 Å². The van der Waals surface area contributed by atoms with Crippen molar-refractivity contribution in [3.8, 4) is 5.88 Å². The van der Waals surface area contributed by atoms with E-state index >= 15 is 0 Å². The molecule has 6 nitrogen and oxygen atoms in total. The molecule has 1 atom stereocenters.